The van der Waals surface area contributed by atoms with Gasteiger partial charge in [-0.3, -0.25) is 11.3 Å². The van der Waals surface area contributed by atoms with Crippen LogP contribution in [0.1, 0.15) is 17.7 Å². The van der Waals surface area contributed by atoms with Crippen molar-refractivity contribution in [1.82, 2.24) is 5.43 Å². The van der Waals surface area contributed by atoms with E-state index in [1.54, 1.807) is 0 Å². The molecule has 0 aliphatic heterocycles. The van der Waals surface area contributed by atoms with E-state index in [9.17, 15) is 0 Å². The van der Waals surface area contributed by atoms with Crippen molar-refractivity contribution >= 4 is 11.3 Å². The summed E-state index contributed by atoms with van der Waals surface area (Å²) in [7, 11) is 0. The van der Waals surface area contributed by atoms with Gasteiger partial charge in [-0.25, -0.2) is 0 Å². The first-order valence-corrected chi connectivity index (χ1v) is 5.36. The fourth-order valence-corrected chi connectivity index (χ4v) is 1.97. The molecule has 1 heterocycles. The number of rotatable bonds is 6. The Hall–Kier alpha value is -0.640. The lowest BCUT2D eigenvalue weighted by Gasteiger charge is -2.09. The normalized spacial score (nSPS) is 12.7. The third-order valence-electron chi connectivity index (χ3n) is 2.02. The summed E-state index contributed by atoms with van der Waals surface area (Å²) in [6.45, 7) is 3.71. The summed E-state index contributed by atoms with van der Waals surface area (Å²) in [5, 5.41) is 2.11. The highest BCUT2D eigenvalue weighted by Gasteiger charge is 2.00. The van der Waals surface area contributed by atoms with Crippen molar-refractivity contribution in [1.29, 1.82) is 0 Å². The molecule has 0 spiro atoms. The van der Waals surface area contributed by atoms with Crippen molar-refractivity contribution in [2.45, 2.75) is 25.3 Å². The Labute approximate surface area is 83.4 Å². The topological polar surface area (TPSA) is 38.0 Å². The molecule has 0 fully saturated rings. The molecule has 1 atom stereocenters. The Kier molecular flexibility index (Phi) is 4.75. The lowest BCUT2D eigenvalue weighted by molar-refractivity contribution is 0.556. The van der Waals surface area contributed by atoms with Crippen LogP contribution in [0.2, 0.25) is 0 Å². The van der Waals surface area contributed by atoms with Gasteiger partial charge in [-0.1, -0.05) is 12.1 Å². The van der Waals surface area contributed by atoms with Crippen LogP contribution in [0.5, 0.6) is 0 Å². The van der Waals surface area contributed by atoms with Crippen molar-refractivity contribution in [2.24, 2.45) is 5.84 Å². The van der Waals surface area contributed by atoms with E-state index in [1.165, 1.54) is 4.88 Å². The van der Waals surface area contributed by atoms with E-state index in [0.29, 0.717) is 0 Å². The quantitative estimate of drug-likeness (QED) is 0.415. The van der Waals surface area contributed by atoms with Crippen LogP contribution >= 0.6 is 11.3 Å². The Morgan fingerprint density at radius 1 is 1.69 bits per heavy atom. The molecule has 3 N–H and O–H groups in total. The lowest BCUT2D eigenvalue weighted by Crippen LogP contribution is -2.33. The van der Waals surface area contributed by atoms with Gasteiger partial charge in [0.15, 0.2) is 0 Å². The van der Waals surface area contributed by atoms with Gasteiger partial charge in [0, 0.05) is 10.9 Å². The van der Waals surface area contributed by atoms with E-state index in [1.807, 2.05) is 17.4 Å². The van der Waals surface area contributed by atoms with Crippen LogP contribution in [0.3, 0.4) is 0 Å². The van der Waals surface area contributed by atoms with Crippen LogP contribution in [0.25, 0.3) is 0 Å². The highest BCUT2D eigenvalue weighted by molar-refractivity contribution is 7.09. The second-order valence-electron chi connectivity index (χ2n) is 2.98. The Morgan fingerprint density at radius 3 is 3.08 bits per heavy atom. The molecule has 0 aliphatic carbocycles. The number of hydrogen-bond acceptors (Lipinski definition) is 3. The van der Waals surface area contributed by atoms with E-state index in [2.05, 4.69) is 29.5 Å². The lowest BCUT2D eigenvalue weighted by atomic mass is 10.1. The molecule has 3 heteroatoms. The number of thiophene rings is 1. The fourth-order valence-electron chi connectivity index (χ4n) is 1.22. The van der Waals surface area contributed by atoms with Gasteiger partial charge in [0.05, 0.1) is 0 Å². The van der Waals surface area contributed by atoms with Gasteiger partial charge in [0.25, 0.3) is 0 Å². The first-order valence-electron chi connectivity index (χ1n) is 4.48. The zero-order chi connectivity index (χ0) is 9.52. The van der Waals surface area contributed by atoms with Gasteiger partial charge >= 0.3 is 0 Å². The number of hydrogen-bond donors (Lipinski definition) is 2. The SMILES string of the molecule is C=CC(CCCc1cccs1)NN. The third kappa shape index (κ3) is 3.72. The Bertz CT molecular complexity index is 231. The van der Waals surface area contributed by atoms with Crippen molar-refractivity contribution in [2.75, 3.05) is 0 Å². The van der Waals surface area contributed by atoms with E-state index in [0.717, 1.165) is 19.3 Å². The molecule has 0 aliphatic rings. The summed E-state index contributed by atoms with van der Waals surface area (Å²) in [6, 6.07) is 4.51. The smallest absolute Gasteiger partial charge is 0.0387 e. The van der Waals surface area contributed by atoms with Crippen molar-refractivity contribution < 1.29 is 0 Å². The van der Waals surface area contributed by atoms with Gasteiger partial charge in [-0.05, 0) is 30.7 Å². The molecule has 0 bridgehead atoms. The zero-order valence-electron chi connectivity index (χ0n) is 7.70. The first kappa shape index (κ1) is 10.4. The van der Waals surface area contributed by atoms with E-state index in [-0.39, 0.29) is 6.04 Å². The van der Waals surface area contributed by atoms with Crippen LogP contribution in [-0.2, 0) is 6.42 Å². The molecule has 0 aromatic carbocycles. The van der Waals surface area contributed by atoms with E-state index < -0.39 is 0 Å². The Morgan fingerprint density at radius 2 is 2.54 bits per heavy atom. The van der Waals surface area contributed by atoms with Gasteiger partial charge in [-0.2, -0.15) is 0 Å². The average molecular weight is 196 g/mol. The average Bonchev–Trinajstić information content (AvgIpc) is 2.65. The fraction of sp³-hybridized carbons (Fsp3) is 0.400. The number of hydrazine groups is 1. The van der Waals surface area contributed by atoms with Crippen LogP contribution < -0.4 is 11.3 Å². The van der Waals surface area contributed by atoms with Crippen LogP contribution in [0, 0.1) is 0 Å². The minimum absolute atomic E-state index is 0.250. The molecule has 1 unspecified atom stereocenters. The molecular weight excluding hydrogens is 180 g/mol. The van der Waals surface area contributed by atoms with Gasteiger partial charge < -0.3 is 0 Å². The third-order valence-corrected chi connectivity index (χ3v) is 2.95. The second kappa shape index (κ2) is 5.91. The molecule has 1 aromatic heterocycles. The van der Waals surface area contributed by atoms with Gasteiger partial charge in [0.2, 0.25) is 0 Å². The number of nitrogens with two attached hydrogens (primary N) is 1. The second-order valence-corrected chi connectivity index (χ2v) is 4.01. The van der Waals surface area contributed by atoms with Crippen LogP contribution in [0.4, 0.5) is 0 Å². The number of nitrogens with one attached hydrogen (secondary N) is 1. The highest BCUT2D eigenvalue weighted by Crippen LogP contribution is 2.12. The summed E-state index contributed by atoms with van der Waals surface area (Å²) in [5.41, 5.74) is 2.72. The molecule has 0 saturated carbocycles. The Balaban J connectivity index is 2.17. The molecule has 0 saturated heterocycles. The molecule has 1 rings (SSSR count). The minimum Gasteiger partial charge on any atom is -0.271 e. The van der Waals surface area contributed by atoms with E-state index >= 15 is 0 Å². The summed E-state index contributed by atoms with van der Waals surface area (Å²) < 4.78 is 0. The standard InChI is InChI=1S/C10H16N2S/c1-2-9(12-11)5-3-6-10-7-4-8-13-10/h2,4,7-9,12H,1,3,5-6,11H2. The summed E-state index contributed by atoms with van der Waals surface area (Å²) in [4.78, 5) is 1.44. The zero-order valence-corrected chi connectivity index (χ0v) is 8.52. The van der Waals surface area contributed by atoms with Gasteiger partial charge in [0.1, 0.15) is 0 Å². The minimum atomic E-state index is 0.250. The predicted octanol–water partition coefficient (Wildman–Crippen LogP) is 2.09. The maximum Gasteiger partial charge on any atom is 0.0387 e. The molecule has 0 amide bonds. The van der Waals surface area contributed by atoms with Crippen LogP contribution in [0.15, 0.2) is 30.2 Å². The van der Waals surface area contributed by atoms with Crippen molar-refractivity contribution in [3.05, 3.63) is 35.0 Å². The maximum absolute atomic E-state index is 5.32. The predicted molar refractivity (Wildman–Crippen MR) is 58.6 cm³/mol. The van der Waals surface area contributed by atoms with Crippen molar-refractivity contribution in [3.63, 3.8) is 0 Å². The molecular formula is C10H16N2S. The highest BCUT2D eigenvalue weighted by atomic mass is 32.1. The van der Waals surface area contributed by atoms with Crippen LogP contribution in [-0.4, -0.2) is 6.04 Å². The molecule has 2 nitrogen and oxygen atoms in total. The molecule has 1 aromatic rings. The monoisotopic (exact) mass is 196 g/mol. The van der Waals surface area contributed by atoms with Gasteiger partial charge in [-0.15, -0.1) is 17.9 Å². The molecule has 72 valence electrons. The largest absolute Gasteiger partial charge is 0.271 e. The summed E-state index contributed by atoms with van der Waals surface area (Å²) in [5.74, 6) is 5.32. The summed E-state index contributed by atoms with van der Waals surface area (Å²) >= 11 is 1.81. The van der Waals surface area contributed by atoms with E-state index in [4.69, 9.17) is 5.84 Å². The molecule has 0 radical (unpaired) electrons. The number of aryl methyl sites for hydroxylation is 1. The molecule has 13 heavy (non-hydrogen) atoms. The maximum atomic E-state index is 5.32. The first-order chi connectivity index (χ1) is 6.36. The van der Waals surface area contributed by atoms with Crippen molar-refractivity contribution in [3.8, 4) is 0 Å². The summed E-state index contributed by atoms with van der Waals surface area (Å²) in [6.07, 6.45) is 5.21.